The molecule has 2 rings (SSSR count). The van der Waals surface area contributed by atoms with E-state index in [-0.39, 0.29) is 0 Å². The number of nitrogens with zero attached hydrogens (tertiary/aromatic N) is 2. The third kappa shape index (κ3) is 1.72. The molecule has 0 saturated carbocycles. The predicted molar refractivity (Wildman–Crippen MR) is 59.1 cm³/mol. The van der Waals surface area contributed by atoms with Gasteiger partial charge in [-0.1, -0.05) is 30.3 Å². The fraction of sp³-hybridized carbons (Fsp3) is 0.0769. The van der Waals surface area contributed by atoms with Gasteiger partial charge in [0.1, 0.15) is 6.07 Å². The number of pyridine rings is 1. The van der Waals surface area contributed by atoms with E-state index in [1.807, 2.05) is 43.3 Å². The van der Waals surface area contributed by atoms with Crippen molar-refractivity contribution in [2.24, 2.45) is 0 Å². The van der Waals surface area contributed by atoms with Crippen LogP contribution in [0.2, 0.25) is 0 Å². The minimum atomic E-state index is 0.656. The van der Waals surface area contributed by atoms with Crippen LogP contribution >= 0.6 is 0 Å². The first-order valence-corrected chi connectivity index (χ1v) is 4.74. The van der Waals surface area contributed by atoms with E-state index in [0.29, 0.717) is 5.56 Å². The molecular formula is C13H10N2. The third-order valence-corrected chi connectivity index (χ3v) is 2.32. The average Bonchev–Trinajstić information content (AvgIpc) is 2.30. The van der Waals surface area contributed by atoms with Crippen LogP contribution in [0.15, 0.2) is 42.6 Å². The molecule has 0 bridgehead atoms. The Morgan fingerprint density at radius 3 is 2.53 bits per heavy atom. The third-order valence-electron chi connectivity index (χ3n) is 2.32. The summed E-state index contributed by atoms with van der Waals surface area (Å²) >= 11 is 0. The molecule has 0 atom stereocenters. The molecule has 1 heterocycles. The van der Waals surface area contributed by atoms with Gasteiger partial charge >= 0.3 is 0 Å². The molecule has 0 amide bonds. The number of hydrogen-bond donors (Lipinski definition) is 0. The molecule has 2 aromatic rings. The quantitative estimate of drug-likeness (QED) is 0.699. The summed E-state index contributed by atoms with van der Waals surface area (Å²) in [5.41, 5.74) is 3.37. The van der Waals surface area contributed by atoms with Crippen molar-refractivity contribution in [3.63, 3.8) is 0 Å². The lowest BCUT2D eigenvalue weighted by Crippen LogP contribution is -1.91. The molecule has 0 spiro atoms. The minimum Gasteiger partial charge on any atom is -0.255 e. The van der Waals surface area contributed by atoms with Crippen molar-refractivity contribution in [3.05, 3.63) is 53.7 Å². The number of nitriles is 1. The van der Waals surface area contributed by atoms with E-state index in [1.165, 1.54) is 0 Å². The number of aromatic nitrogens is 1. The first-order chi connectivity index (χ1) is 7.33. The monoisotopic (exact) mass is 194 g/mol. The van der Waals surface area contributed by atoms with Crippen LogP contribution in [0.5, 0.6) is 0 Å². The Hall–Kier alpha value is -2.14. The lowest BCUT2D eigenvalue weighted by molar-refractivity contribution is 1.26. The standard InChI is InChI=1S/C13H10N2/c1-10-7-8-15-13(12(10)9-14)11-5-3-2-4-6-11/h2-8H,1H3. The van der Waals surface area contributed by atoms with Gasteiger partial charge in [-0.05, 0) is 18.6 Å². The van der Waals surface area contributed by atoms with Crippen LogP contribution in [-0.2, 0) is 0 Å². The van der Waals surface area contributed by atoms with Gasteiger partial charge in [0, 0.05) is 11.8 Å². The molecular weight excluding hydrogens is 184 g/mol. The van der Waals surface area contributed by atoms with Crippen LogP contribution in [0.1, 0.15) is 11.1 Å². The molecule has 1 aromatic carbocycles. The number of hydrogen-bond acceptors (Lipinski definition) is 2. The molecule has 0 aliphatic heterocycles. The zero-order valence-electron chi connectivity index (χ0n) is 8.44. The van der Waals surface area contributed by atoms with Crippen molar-refractivity contribution in [1.82, 2.24) is 4.98 Å². The van der Waals surface area contributed by atoms with E-state index in [9.17, 15) is 0 Å². The predicted octanol–water partition coefficient (Wildman–Crippen LogP) is 2.93. The van der Waals surface area contributed by atoms with Gasteiger partial charge in [-0.25, -0.2) is 0 Å². The largest absolute Gasteiger partial charge is 0.255 e. The van der Waals surface area contributed by atoms with Crippen LogP contribution in [0.3, 0.4) is 0 Å². The lowest BCUT2D eigenvalue weighted by atomic mass is 10.0. The van der Waals surface area contributed by atoms with Crippen LogP contribution in [-0.4, -0.2) is 4.98 Å². The van der Waals surface area contributed by atoms with Gasteiger partial charge in [0.2, 0.25) is 0 Å². The van der Waals surface area contributed by atoms with Crippen LogP contribution in [0, 0.1) is 18.3 Å². The first-order valence-electron chi connectivity index (χ1n) is 4.74. The number of aryl methyl sites for hydroxylation is 1. The molecule has 15 heavy (non-hydrogen) atoms. The van der Waals surface area contributed by atoms with Crippen molar-refractivity contribution >= 4 is 0 Å². The molecule has 0 saturated heterocycles. The molecule has 0 fully saturated rings. The Balaban J connectivity index is 2.65. The van der Waals surface area contributed by atoms with Crippen molar-refractivity contribution in [2.75, 3.05) is 0 Å². The summed E-state index contributed by atoms with van der Waals surface area (Å²) in [5, 5.41) is 9.07. The van der Waals surface area contributed by atoms with Gasteiger partial charge in [0.15, 0.2) is 0 Å². The number of benzene rings is 1. The van der Waals surface area contributed by atoms with Gasteiger partial charge in [-0.2, -0.15) is 5.26 Å². The highest BCUT2D eigenvalue weighted by Crippen LogP contribution is 2.22. The molecule has 0 N–H and O–H groups in total. The van der Waals surface area contributed by atoms with Gasteiger partial charge in [-0.3, -0.25) is 4.98 Å². The van der Waals surface area contributed by atoms with E-state index < -0.39 is 0 Å². The smallest absolute Gasteiger partial charge is 0.102 e. The summed E-state index contributed by atoms with van der Waals surface area (Å²) in [6.45, 7) is 1.92. The zero-order valence-corrected chi connectivity index (χ0v) is 8.44. The molecule has 0 aliphatic carbocycles. The molecule has 2 nitrogen and oxygen atoms in total. The van der Waals surface area contributed by atoms with E-state index in [0.717, 1.165) is 16.8 Å². The maximum absolute atomic E-state index is 9.07. The summed E-state index contributed by atoms with van der Waals surface area (Å²) in [7, 11) is 0. The molecule has 0 aliphatic rings. The Bertz CT molecular complexity index is 510. The van der Waals surface area contributed by atoms with Crippen molar-refractivity contribution in [2.45, 2.75) is 6.92 Å². The second-order valence-corrected chi connectivity index (χ2v) is 3.33. The minimum absolute atomic E-state index is 0.656. The van der Waals surface area contributed by atoms with Crippen LogP contribution in [0.25, 0.3) is 11.3 Å². The molecule has 0 radical (unpaired) electrons. The molecule has 2 heteroatoms. The van der Waals surface area contributed by atoms with Gasteiger partial charge < -0.3 is 0 Å². The molecule has 1 aromatic heterocycles. The van der Waals surface area contributed by atoms with Gasteiger partial charge in [-0.15, -0.1) is 0 Å². The summed E-state index contributed by atoms with van der Waals surface area (Å²) < 4.78 is 0. The second kappa shape index (κ2) is 3.93. The summed E-state index contributed by atoms with van der Waals surface area (Å²) in [5.74, 6) is 0. The SMILES string of the molecule is Cc1ccnc(-c2ccccc2)c1C#N. The van der Waals surface area contributed by atoms with E-state index in [2.05, 4.69) is 11.1 Å². The maximum atomic E-state index is 9.07. The van der Waals surface area contributed by atoms with Crippen molar-refractivity contribution in [1.29, 1.82) is 5.26 Å². The van der Waals surface area contributed by atoms with E-state index in [1.54, 1.807) is 6.20 Å². The second-order valence-electron chi connectivity index (χ2n) is 3.33. The maximum Gasteiger partial charge on any atom is 0.102 e. The summed E-state index contributed by atoms with van der Waals surface area (Å²) in [6.07, 6.45) is 1.73. The fourth-order valence-electron chi connectivity index (χ4n) is 1.51. The van der Waals surface area contributed by atoms with E-state index >= 15 is 0 Å². The lowest BCUT2D eigenvalue weighted by Gasteiger charge is -2.04. The normalized spacial score (nSPS) is 9.60. The average molecular weight is 194 g/mol. The van der Waals surface area contributed by atoms with Crippen LogP contribution in [0.4, 0.5) is 0 Å². The van der Waals surface area contributed by atoms with Crippen molar-refractivity contribution in [3.8, 4) is 17.3 Å². The highest BCUT2D eigenvalue weighted by molar-refractivity contribution is 5.67. The topological polar surface area (TPSA) is 36.7 Å². The first kappa shape index (κ1) is 9.42. The summed E-state index contributed by atoms with van der Waals surface area (Å²) in [6, 6.07) is 13.8. The summed E-state index contributed by atoms with van der Waals surface area (Å²) in [4.78, 5) is 4.26. The molecule has 72 valence electrons. The van der Waals surface area contributed by atoms with Gasteiger partial charge in [0.25, 0.3) is 0 Å². The zero-order chi connectivity index (χ0) is 10.7. The number of rotatable bonds is 1. The Kier molecular flexibility index (Phi) is 2.47. The Morgan fingerprint density at radius 2 is 1.87 bits per heavy atom. The highest BCUT2D eigenvalue weighted by Gasteiger charge is 2.07. The van der Waals surface area contributed by atoms with Crippen LogP contribution < -0.4 is 0 Å². The van der Waals surface area contributed by atoms with E-state index in [4.69, 9.17) is 5.26 Å². The van der Waals surface area contributed by atoms with Gasteiger partial charge in [0.05, 0.1) is 11.3 Å². The highest BCUT2D eigenvalue weighted by atomic mass is 14.7. The molecule has 0 unspecified atom stereocenters. The Labute approximate surface area is 88.8 Å². The van der Waals surface area contributed by atoms with Crippen molar-refractivity contribution < 1.29 is 0 Å². The fourth-order valence-corrected chi connectivity index (χ4v) is 1.51. The Morgan fingerprint density at radius 1 is 1.13 bits per heavy atom.